The van der Waals surface area contributed by atoms with Crippen LogP contribution < -0.4 is 11.1 Å². The first-order chi connectivity index (χ1) is 11.5. The molecule has 8 heteroatoms. The highest BCUT2D eigenvalue weighted by Crippen LogP contribution is 2.16. The number of carbonyl (C=O) groups excluding carboxylic acids is 1. The van der Waals surface area contributed by atoms with E-state index in [1.165, 1.54) is 0 Å². The molecule has 0 bridgehead atoms. The van der Waals surface area contributed by atoms with Crippen LogP contribution in [-0.2, 0) is 20.1 Å². The lowest BCUT2D eigenvalue weighted by Gasteiger charge is -2.20. The van der Waals surface area contributed by atoms with E-state index in [0.29, 0.717) is 24.3 Å². The van der Waals surface area contributed by atoms with Crippen LogP contribution in [0.4, 0.5) is 0 Å². The molecule has 8 nitrogen and oxygen atoms in total. The Kier molecular flexibility index (Phi) is 4.96. The van der Waals surface area contributed by atoms with Gasteiger partial charge in [0.15, 0.2) is 5.69 Å². The Labute approximate surface area is 141 Å². The third-order valence-corrected chi connectivity index (χ3v) is 4.34. The summed E-state index contributed by atoms with van der Waals surface area (Å²) in [5.74, 6) is -0.465. The maximum Gasteiger partial charge on any atom is 0.269 e. The first-order valence-electron chi connectivity index (χ1n) is 8.29. The second-order valence-corrected chi connectivity index (χ2v) is 6.56. The molecule has 130 valence electrons. The minimum Gasteiger partial charge on any atom is -0.364 e. The summed E-state index contributed by atoms with van der Waals surface area (Å²) in [7, 11) is 1.81. The smallest absolute Gasteiger partial charge is 0.269 e. The van der Waals surface area contributed by atoms with Crippen LogP contribution >= 0.6 is 0 Å². The molecule has 0 spiro atoms. The Morgan fingerprint density at radius 1 is 1.54 bits per heavy atom. The van der Waals surface area contributed by atoms with Crippen molar-refractivity contribution in [1.82, 2.24) is 29.8 Å². The quantitative estimate of drug-likeness (QED) is 0.743. The minimum atomic E-state index is -0.465. The van der Waals surface area contributed by atoms with Crippen molar-refractivity contribution in [2.24, 2.45) is 12.8 Å². The number of nitrogens with one attached hydrogen (secondary N) is 1. The fraction of sp³-hybridized carbons (Fsp3) is 0.562. The van der Waals surface area contributed by atoms with Gasteiger partial charge < -0.3 is 11.1 Å². The van der Waals surface area contributed by atoms with Crippen molar-refractivity contribution in [2.45, 2.75) is 38.5 Å². The fourth-order valence-electron chi connectivity index (χ4n) is 3.36. The summed E-state index contributed by atoms with van der Waals surface area (Å²) < 4.78 is 3.59. The number of hydrogen-bond donors (Lipinski definition) is 2. The number of aromatic nitrogens is 4. The summed E-state index contributed by atoms with van der Waals surface area (Å²) in [5.41, 5.74) is 6.68. The molecular weight excluding hydrogens is 306 g/mol. The van der Waals surface area contributed by atoms with Gasteiger partial charge in [-0.25, -0.2) is 0 Å². The monoisotopic (exact) mass is 331 g/mol. The molecule has 0 aromatic carbocycles. The van der Waals surface area contributed by atoms with E-state index in [9.17, 15) is 4.79 Å². The van der Waals surface area contributed by atoms with Crippen LogP contribution in [-0.4, -0.2) is 55.5 Å². The van der Waals surface area contributed by atoms with Gasteiger partial charge in [-0.15, -0.1) is 0 Å². The molecule has 1 aliphatic rings. The van der Waals surface area contributed by atoms with E-state index in [1.807, 2.05) is 23.1 Å². The summed E-state index contributed by atoms with van der Waals surface area (Å²) in [4.78, 5) is 13.8. The first kappa shape index (κ1) is 16.7. The standard InChI is InChI=1S/C16H25N7O/c1-12(8-23-6-3-5-18-23)19-14-4-7-22(11-14)10-13-9-21(2)20-15(13)16(17)24/h3,5-6,9,12,14,19H,4,7-8,10-11H2,1-2H3,(H2,17,24). The van der Waals surface area contributed by atoms with E-state index >= 15 is 0 Å². The molecule has 24 heavy (non-hydrogen) atoms. The lowest BCUT2D eigenvalue weighted by Crippen LogP contribution is -2.40. The SMILES string of the molecule is CC(Cn1cccn1)NC1CCN(Cc2cn(C)nc2C(N)=O)C1. The Morgan fingerprint density at radius 3 is 3.08 bits per heavy atom. The number of hydrogen-bond acceptors (Lipinski definition) is 5. The highest BCUT2D eigenvalue weighted by atomic mass is 16.1. The fourth-order valence-corrected chi connectivity index (χ4v) is 3.36. The van der Waals surface area contributed by atoms with Crippen molar-refractivity contribution in [1.29, 1.82) is 0 Å². The minimum absolute atomic E-state index is 0.356. The van der Waals surface area contributed by atoms with Crippen molar-refractivity contribution in [3.05, 3.63) is 35.9 Å². The summed E-state index contributed by atoms with van der Waals surface area (Å²) in [6.45, 7) is 5.70. The van der Waals surface area contributed by atoms with E-state index in [2.05, 4.69) is 27.3 Å². The van der Waals surface area contributed by atoms with E-state index in [4.69, 9.17) is 5.73 Å². The normalized spacial score (nSPS) is 19.7. The van der Waals surface area contributed by atoms with E-state index in [-0.39, 0.29) is 0 Å². The summed E-state index contributed by atoms with van der Waals surface area (Å²) in [6.07, 6.45) is 6.75. The molecule has 1 fully saturated rings. The summed E-state index contributed by atoms with van der Waals surface area (Å²) >= 11 is 0. The molecule has 0 saturated carbocycles. The zero-order valence-corrected chi connectivity index (χ0v) is 14.2. The number of nitrogens with zero attached hydrogens (tertiary/aromatic N) is 5. The molecule has 3 rings (SSSR count). The Hall–Kier alpha value is -2.19. The molecule has 0 radical (unpaired) electrons. The summed E-state index contributed by atoms with van der Waals surface area (Å²) in [6, 6.07) is 2.74. The number of nitrogens with two attached hydrogens (primary N) is 1. The number of amides is 1. The predicted molar refractivity (Wildman–Crippen MR) is 90.2 cm³/mol. The zero-order valence-electron chi connectivity index (χ0n) is 14.2. The van der Waals surface area contributed by atoms with Gasteiger partial charge in [0.1, 0.15) is 0 Å². The third kappa shape index (κ3) is 4.01. The van der Waals surface area contributed by atoms with Crippen molar-refractivity contribution < 1.29 is 4.79 Å². The van der Waals surface area contributed by atoms with Gasteiger partial charge >= 0.3 is 0 Å². The van der Waals surface area contributed by atoms with Crippen molar-refractivity contribution in [2.75, 3.05) is 13.1 Å². The van der Waals surface area contributed by atoms with Crippen LogP contribution in [0, 0.1) is 0 Å². The van der Waals surface area contributed by atoms with Gasteiger partial charge in [-0.3, -0.25) is 19.1 Å². The largest absolute Gasteiger partial charge is 0.364 e. The maximum atomic E-state index is 11.5. The van der Waals surface area contributed by atoms with Gasteiger partial charge in [0, 0.05) is 62.9 Å². The predicted octanol–water partition coefficient (Wildman–Crippen LogP) is -0.0319. The highest BCUT2D eigenvalue weighted by molar-refractivity contribution is 5.92. The number of rotatable bonds is 7. The van der Waals surface area contributed by atoms with Gasteiger partial charge in [-0.1, -0.05) is 0 Å². The van der Waals surface area contributed by atoms with Crippen molar-refractivity contribution in [3.63, 3.8) is 0 Å². The van der Waals surface area contributed by atoms with Gasteiger partial charge in [0.2, 0.25) is 0 Å². The average molecular weight is 331 g/mol. The Balaban J connectivity index is 1.51. The molecule has 2 unspecified atom stereocenters. The first-order valence-corrected chi connectivity index (χ1v) is 8.29. The second-order valence-electron chi connectivity index (χ2n) is 6.56. The van der Waals surface area contributed by atoms with Crippen LogP contribution in [0.15, 0.2) is 24.7 Å². The molecule has 1 saturated heterocycles. The van der Waals surface area contributed by atoms with Gasteiger partial charge in [-0.05, 0) is 19.4 Å². The van der Waals surface area contributed by atoms with Crippen LogP contribution in [0.25, 0.3) is 0 Å². The highest BCUT2D eigenvalue weighted by Gasteiger charge is 2.25. The molecule has 0 aliphatic carbocycles. The van der Waals surface area contributed by atoms with Gasteiger partial charge in [0.05, 0.1) is 6.54 Å². The lowest BCUT2D eigenvalue weighted by atomic mass is 10.2. The van der Waals surface area contributed by atoms with Crippen LogP contribution in [0.1, 0.15) is 29.4 Å². The molecule has 1 aliphatic heterocycles. The summed E-state index contributed by atoms with van der Waals surface area (Å²) in [5, 5.41) is 12.1. The second kappa shape index (κ2) is 7.14. The topological polar surface area (TPSA) is 94.0 Å². The molecule has 2 aromatic heterocycles. The number of carbonyl (C=O) groups is 1. The van der Waals surface area contributed by atoms with Crippen molar-refractivity contribution in [3.8, 4) is 0 Å². The Morgan fingerprint density at radius 2 is 2.38 bits per heavy atom. The molecule has 3 N–H and O–H groups in total. The van der Waals surface area contributed by atoms with Gasteiger partial charge in [0.25, 0.3) is 5.91 Å². The van der Waals surface area contributed by atoms with E-state index < -0.39 is 5.91 Å². The maximum absolute atomic E-state index is 11.5. The molecule has 2 atom stereocenters. The van der Waals surface area contributed by atoms with Crippen LogP contribution in [0.3, 0.4) is 0 Å². The van der Waals surface area contributed by atoms with Crippen molar-refractivity contribution >= 4 is 5.91 Å². The lowest BCUT2D eigenvalue weighted by molar-refractivity contribution is 0.0993. The molecular formula is C16H25N7O. The van der Waals surface area contributed by atoms with E-state index in [0.717, 1.165) is 31.6 Å². The molecule has 3 heterocycles. The van der Waals surface area contributed by atoms with Crippen LogP contribution in [0.2, 0.25) is 0 Å². The zero-order chi connectivity index (χ0) is 17.1. The van der Waals surface area contributed by atoms with E-state index in [1.54, 1.807) is 17.9 Å². The van der Waals surface area contributed by atoms with Gasteiger partial charge in [-0.2, -0.15) is 10.2 Å². The molecule has 2 aromatic rings. The van der Waals surface area contributed by atoms with Crippen LogP contribution in [0.5, 0.6) is 0 Å². The number of likely N-dealkylation sites (tertiary alicyclic amines) is 1. The number of primary amides is 1. The Bertz CT molecular complexity index is 679. The average Bonchev–Trinajstić information content (AvgIpc) is 3.22. The number of aryl methyl sites for hydroxylation is 1. The molecule has 1 amide bonds. The third-order valence-electron chi connectivity index (χ3n) is 4.34.